The number of sulfonamides is 1. The average molecular weight is 469 g/mol. The molecule has 0 aliphatic carbocycles. The van der Waals surface area contributed by atoms with E-state index >= 15 is 0 Å². The van der Waals surface area contributed by atoms with Crippen LogP contribution in [0.5, 0.6) is 5.75 Å². The largest absolute Gasteiger partial charge is 0.492 e. The van der Waals surface area contributed by atoms with Crippen LogP contribution in [0.25, 0.3) is 0 Å². The molecule has 0 spiro atoms. The summed E-state index contributed by atoms with van der Waals surface area (Å²) in [5, 5.41) is 3.17. The number of ether oxygens (including phenoxy) is 1. The second-order valence-corrected chi connectivity index (χ2v) is 10.2. The van der Waals surface area contributed by atoms with Crippen LogP contribution in [0, 0.1) is 5.92 Å². The van der Waals surface area contributed by atoms with Crippen molar-refractivity contribution in [3.05, 3.63) is 47.5 Å². The highest BCUT2D eigenvalue weighted by Crippen LogP contribution is 2.31. The number of piperidine rings is 1. The summed E-state index contributed by atoms with van der Waals surface area (Å²) < 4.78 is 33.0. The van der Waals surface area contributed by atoms with Crippen molar-refractivity contribution in [1.29, 1.82) is 0 Å². The van der Waals surface area contributed by atoms with Gasteiger partial charge in [0.1, 0.15) is 5.75 Å². The number of halogens is 1. The van der Waals surface area contributed by atoms with Gasteiger partial charge in [-0.1, -0.05) is 17.7 Å². The fourth-order valence-electron chi connectivity index (χ4n) is 3.38. The Labute approximate surface area is 187 Å². The number of carbonyl (C=O) groups is 1. The molecule has 162 valence electrons. The highest BCUT2D eigenvalue weighted by Gasteiger charge is 2.33. The highest BCUT2D eigenvalue weighted by molar-refractivity contribution is 7.98. The van der Waals surface area contributed by atoms with Crippen LogP contribution in [-0.4, -0.2) is 44.6 Å². The molecule has 1 fully saturated rings. The Balaban J connectivity index is 1.73. The number of carbonyl (C=O) groups excluding carboxylic acids is 1. The normalized spacial score (nSPS) is 17.5. The molecule has 30 heavy (non-hydrogen) atoms. The van der Waals surface area contributed by atoms with Crippen LogP contribution < -0.4 is 10.1 Å². The van der Waals surface area contributed by atoms with Gasteiger partial charge in [0, 0.05) is 23.7 Å². The van der Waals surface area contributed by atoms with E-state index in [4.69, 9.17) is 16.3 Å². The molecule has 6 nitrogen and oxygen atoms in total. The summed E-state index contributed by atoms with van der Waals surface area (Å²) in [6.07, 6.45) is 3.23. The monoisotopic (exact) mass is 468 g/mol. The lowest BCUT2D eigenvalue weighted by molar-refractivity contribution is -0.120. The zero-order valence-corrected chi connectivity index (χ0v) is 19.3. The Morgan fingerprint density at radius 2 is 2.10 bits per heavy atom. The summed E-state index contributed by atoms with van der Waals surface area (Å²) in [6, 6.07) is 12.0. The first-order chi connectivity index (χ1) is 14.3. The average Bonchev–Trinajstić information content (AvgIpc) is 2.75. The van der Waals surface area contributed by atoms with Crippen LogP contribution in [0.2, 0.25) is 5.02 Å². The first kappa shape index (κ1) is 22.9. The van der Waals surface area contributed by atoms with Crippen LogP contribution in [0.4, 0.5) is 5.69 Å². The third-order valence-electron chi connectivity index (χ3n) is 4.93. The molecule has 1 aliphatic heterocycles. The van der Waals surface area contributed by atoms with Gasteiger partial charge in [-0.25, -0.2) is 8.42 Å². The smallest absolute Gasteiger partial charge is 0.243 e. The van der Waals surface area contributed by atoms with Crippen LogP contribution in [0.3, 0.4) is 0 Å². The fourth-order valence-corrected chi connectivity index (χ4v) is 5.69. The van der Waals surface area contributed by atoms with Crippen LogP contribution in [0.15, 0.2) is 52.3 Å². The molecule has 3 rings (SSSR count). The molecule has 0 aromatic heterocycles. The maximum atomic E-state index is 13.1. The van der Waals surface area contributed by atoms with E-state index in [1.54, 1.807) is 17.8 Å². The predicted molar refractivity (Wildman–Crippen MR) is 121 cm³/mol. The van der Waals surface area contributed by atoms with Crippen molar-refractivity contribution in [1.82, 2.24) is 4.31 Å². The van der Waals surface area contributed by atoms with E-state index in [0.717, 1.165) is 4.90 Å². The standard InChI is InChI=1S/C21H25ClN2O4S2/c1-3-28-20-10-9-18(13-19(20)22)30(26,27)24-11-5-6-15(14-24)21(25)23-16-7-4-8-17(12-16)29-2/h4,7-10,12-13,15H,3,5-6,11,14H2,1-2H3,(H,23,25)/t15-/m0/s1. The van der Waals surface area contributed by atoms with Gasteiger partial charge in [0.15, 0.2) is 0 Å². The second kappa shape index (κ2) is 10.0. The van der Waals surface area contributed by atoms with Gasteiger partial charge in [-0.2, -0.15) is 4.31 Å². The number of nitrogens with one attached hydrogen (secondary N) is 1. The van der Waals surface area contributed by atoms with Gasteiger partial charge in [0.25, 0.3) is 0 Å². The maximum Gasteiger partial charge on any atom is 0.243 e. The summed E-state index contributed by atoms with van der Waals surface area (Å²) in [4.78, 5) is 13.9. The minimum atomic E-state index is -3.76. The van der Waals surface area contributed by atoms with Gasteiger partial charge in [-0.05, 0) is 62.4 Å². The quantitative estimate of drug-likeness (QED) is 0.605. The van der Waals surface area contributed by atoms with E-state index in [1.807, 2.05) is 37.4 Å². The fraction of sp³-hybridized carbons (Fsp3) is 0.381. The minimum Gasteiger partial charge on any atom is -0.492 e. The van der Waals surface area contributed by atoms with Gasteiger partial charge >= 0.3 is 0 Å². The number of hydrogen-bond donors (Lipinski definition) is 1. The topological polar surface area (TPSA) is 75.7 Å². The molecular weight excluding hydrogens is 444 g/mol. The van der Waals surface area contributed by atoms with Crippen LogP contribution in [0.1, 0.15) is 19.8 Å². The van der Waals surface area contributed by atoms with Crippen molar-refractivity contribution in [3.8, 4) is 5.75 Å². The van der Waals surface area contributed by atoms with Crippen molar-refractivity contribution in [2.75, 3.05) is 31.3 Å². The summed E-state index contributed by atoms with van der Waals surface area (Å²) in [5.41, 5.74) is 0.713. The molecule has 1 amide bonds. The Kier molecular flexibility index (Phi) is 7.68. The third kappa shape index (κ3) is 5.29. The lowest BCUT2D eigenvalue weighted by Gasteiger charge is -2.31. The molecule has 1 saturated heterocycles. The molecule has 9 heteroatoms. The predicted octanol–water partition coefficient (Wildman–Crippen LogP) is 4.50. The Morgan fingerprint density at radius 1 is 1.30 bits per heavy atom. The zero-order chi connectivity index (χ0) is 21.7. The van der Waals surface area contributed by atoms with Gasteiger partial charge in [-0.3, -0.25) is 4.79 Å². The van der Waals surface area contributed by atoms with Crippen molar-refractivity contribution in [3.63, 3.8) is 0 Å². The van der Waals surface area contributed by atoms with Gasteiger partial charge < -0.3 is 10.1 Å². The SMILES string of the molecule is CCOc1ccc(S(=O)(=O)N2CCC[C@H](C(=O)Nc3cccc(SC)c3)C2)cc1Cl. The molecule has 0 saturated carbocycles. The molecule has 2 aromatic carbocycles. The molecule has 1 heterocycles. The molecule has 0 radical (unpaired) electrons. The molecule has 1 aliphatic rings. The van der Waals surface area contributed by atoms with E-state index < -0.39 is 15.9 Å². The van der Waals surface area contributed by atoms with Crippen molar-refractivity contribution >= 4 is 45.0 Å². The zero-order valence-electron chi connectivity index (χ0n) is 16.9. The Hall–Kier alpha value is -1.74. The van der Waals surface area contributed by atoms with Gasteiger partial charge in [-0.15, -0.1) is 11.8 Å². The van der Waals surface area contributed by atoms with E-state index in [9.17, 15) is 13.2 Å². The van der Waals surface area contributed by atoms with Gasteiger partial charge in [0.05, 0.1) is 22.4 Å². The van der Waals surface area contributed by atoms with Crippen LogP contribution >= 0.6 is 23.4 Å². The van der Waals surface area contributed by atoms with Crippen molar-refractivity contribution in [2.24, 2.45) is 5.92 Å². The molecular formula is C21H25ClN2O4S2. The van der Waals surface area contributed by atoms with E-state index in [1.165, 1.54) is 16.4 Å². The van der Waals surface area contributed by atoms with E-state index in [2.05, 4.69) is 5.32 Å². The summed E-state index contributed by atoms with van der Waals surface area (Å²) >= 11 is 7.77. The highest BCUT2D eigenvalue weighted by atomic mass is 35.5. The minimum absolute atomic E-state index is 0.102. The molecule has 0 unspecified atom stereocenters. The number of hydrogen-bond acceptors (Lipinski definition) is 5. The third-order valence-corrected chi connectivity index (χ3v) is 7.81. The van der Waals surface area contributed by atoms with Crippen molar-refractivity contribution in [2.45, 2.75) is 29.6 Å². The first-order valence-corrected chi connectivity index (χ1v) is 12.8. The lowest BCUT2D eigenvalue weighted by Crippen LogP contribution is -2.43. The first-order valence-electron chi connectivity index (χ1n) is 9.72. The number of nitrogens with zero attached hydrogens (tertiary/aromatic N) is 1. The summed E-state index contributed by atoms with van der Waals surface area (Å²) in [6.45, 7) is 2.78. The molecule has 0 bridgehead atoms. The number of rotatable bonds is 7. The second-order valence-electron chi connectivity index (χ2n) is 6.95. The van der Waals surface area contributed by atoms with E-state index in [0.29, 0.717) is 37.4 Å². The van der Waals surface area contributed by atoms with E-state index in [-0.39, 0.29) is 22.4 Å². The number of benzene rings is 2. The van der Waals surface area contributed by atoms with Crippen molar-refractivity contribution < 1.29 is 17.9 Å². The number of amides is 1. The number of thioether (sulfide) groups is 1. The van der Waals surface area contributed by atoms with Gasteiger partial charge in [0.2, 0.25) is 15.9 Å². The number of anilines is 1. The van der Waals surface area contributed by atoms with Crippen LogP contribution in [-0.2, 0) is 14.8 Å². The molecule has 1 N–H and O–H groups in total. The maximum absolute atomic E-state index is 13.1. The summed E-state index contributed by atoms with van der Waals surface area (Å²) in [7, 11) is -3.76. The molecule has 1 atom stereocenters. The lowest BCUT2D eigenvalue weighted by atomic mass is 9.99. The summed E-state index contributed by atoms with van der Waals surface area (Å²) in [5.74, 6) is -0.135. The Bertz CT molecular complexity index is 1010. The molecule has 2 aromatic rings. The Morgan fingerprint density at radius 3 is 2.80 bits per heavy atom.